The van der Waals surface area contributed by atoms with E-state index in [1.165, 1.54) is 0 Å². The van der Waals surface area contributed by atoms with Crippen LogP contribution < -0.4 is 9.79 Å². The molecule has 5 atom stereocenters. The van der Waals surface area contributed by atoms with E-state index in [4.69, 9.17) is 4.74 Å². The number of aliphatic hydroxyl groups excluding tert-OH is 3. The molecule has 0 amide bonds. The number of hydrogen-bond donors (Lipinski definition) is 4. The average Bonchev–Trinajstić information content (AvgIpc) is 2.17. The number of hydrogen-bond acceptors (Lipinski definition) is 9. The molecule has 1 heterocycles. The number of rotatable bonds is 3. The van der Waals surface area contributed by atoms with Crippen molar-refractivity contribution in [1.82, 2.24) is 0 Å². The summed E-state index contributed by atoms with van der Waals surface area (Å²) in [6.45, 7) is -0.778. The van der Waals surface area contributed by atoms with Crippen molar-refractivity contribution < 1.29 is 38.9 Å². The molecule has 0 saturated carbocycles. The summed E-state index contributed by atoms with van der Waals surface area (Å²) in [6.07, 6.45) is -5.73. The lowest BCUT2D eigenvalue weighted by Gasteiger charge is -2.40. The largest absolute Gasteiger partial charge is 0.790 e. The van der Waals surface area contributed by atoms with Gasteiger partial charge in [-0.1, -0.05) is 0 Å². The zero-order valence-corrected chi connectivity index (χ0v) is 9.66. The van der Waals surface area contributed by atoms with Gasteiger partial charge in [-0.3, -0.25) is 0 Å². The Hall–Kier alpha value is 0.300. The molecule has 3 N–H and O–H groups in total. The number of phosphoric acid groups is 1. The minimum absolute atomic E-state index is 0.778. The summed E-state index contributed by atoms with van der Waals surface area (Å²) in [6, 6.07) is 0. The van der Waals surface area contributed by atoms with Crippen molar-refractivity contribution >= 4 is 20.5 Å². The molecule has 10 heteroatoms. The Morgan fingerprint density at radius 1 is 1.31 bits per heavy atom. The Bertz CT molecular complexity index is 282. The van der Waals surface area contributed by atoms with Gasteiger partial charge in [0.2, 0.25) is 0 Å². The molecule has 0 spiro atoms. The molecule has 0 bridgehead atoms. The van der Waals surface area contributed by atoms with Gasteiger partial charge in [0.15, 0.2) is 6.29 Å². The van der Waals surface area contributed by atoms with Crippen LogP contribution in [0.3, 0.4) is 0 Å². The minimum atomic E-state index is -5.19. The van der Waals surface area contributed by atoms with Crippen molar-refractivity contribution in [3.63, 3.8) is 0 Å². The zero-order valence-electron chi connectivity index (χ0n) is 7.87. The number of phosphoric ester groups is 1. The fourth-order valence-electron chi connectivity index (χ4n) is 1.23. The van der Waals surface area contributed by atoms with Crippen LogP contribution >= 0.6 is 20.5 Å². The fourth-order valence-corrected chi connectivity index (χ4v) is 1.81. The Balaban J connectivity index is 2.57. The maximum atomic E-state index is 10.2. The number of thiol groups is 1. The van der Waals surface area contributed by atoms with E-state index >= 15 is 0 Å². The molecule has 1 fully saturated rings. The molecule has 1 aliphatic rings. The highest BCUT2D eigenvalue weighted by Crippen LogP contribution is 2.29. The van der Waals surface area contributed by atoms with E-state index in [-0.39, 0.29) is 0 Å². The number of aliphatic hydroxyl groups is 3. The van der Waals surface area contributed by atoms with Gasteiger partial charge in [0.05, 0.1) is 25.8 Å². The van der Waals surface area contributed by atoms with Crippen molar-refractivity contribution in [2.45, 2.75) is 29.9 Å². The van der Waals surface area contributed by atoms with Crippen LogP contribution in [0.2, 0.25) is 0 Å². The average molecular weight is 274 g/mol. The molecule has 1 unspecified atom stereocenters. The molecule has 0 radical (unpaired) electrons. The Morgan fingerprint density at radius 3 is 2.38 bits per heavy atom. The van der Waals surface area contributed by atoms with Crippen molar-refractivity contribution in [3.05, 3.63) is 0 Å². The standard InChI is InChI=1S/C6H13O8PS/c7-3-2(1-13-15(10,11)12)14-6(9)5(16)4(3)8/h2-9,16H,1H2,(H2,10,11,12)/p-2/t2-,3-,4+,5-,6?/m1/s1. The van der Waals surface area contributed by atoms with E-state index in [0.717, 1.165) is 0 Å². The quantitative estimate of drug-likeness (QED) is 0.307. The van der Waals surface area contributed by atoms with Crippen LogP contribution in [0.15, 0.2) is 0 Å². The molecule has 0 aromatic heterocycles. The normalized spacial score (nSPS) is 41.0. The molecule has 8 nitrogen and oxygen atoms in total. The maximum absolute atomic E-state index is 10.2. The van der Waals surface area contributed by atoms with Gasteiger partial charge < -0.3 is 38.9 Å². The van der Waals surface area contributed by atoms with Crippen LogP contribution in [0.25, 0.3) is 0 Å². The molecule has 96 valence electrons. The summed E-state index contributed by atoms with van der Waals surface area (Å²) < 4.78 is 18.8. The monoisotopic (exact) mass is 274 g/mol. The summed E-state index contributed by atoms with van der Waals surface area (Å²) in [5.41, 5.74) is 0. The summed E-state index contributed by atoms with van der Waals surface area (Å²) in [5, 5.41) is 27.0. The first-order valence-electron chi connectivity index (χ1n) is 4.26. The minimum Gasteiger partial charge on any atom is -0.790 e. The molecule has 1 rings (SSSR count). The second-order valence-electron chi connectivity index (χ2n) is 3.28. The lowest BCUT2D eigenvalue weighted by atomic mass is 10.0. The second kappa shape index (κ2) is 5.30. The molecule has 0 aromatic rings. The van der Waals surface area contributed by atoms with Crippen LogP contribution in [0, 0.1) is 0 Å². The molecular weight excluding hydrogens is 263 g/mol. The molecule has 0 aliphatic carbocycles. The molecule has 16 heavy (non-hydrogen) atoms. The first kappa shape index (κ1) is 14.4. The lowest BCUT2D eigenvalue weighted by molar-refractivity contribution is -0.345. The Labute approximate surface area is 96.5 Å². The van der Waals surface area contributed by atoms with Crippen molar-refractivity contribution in [3.8, 4) is 0 Å². The first-order valence-corrected chi connectivity index (χ1v) is 6.24. The molecule has 0 aromatic carbocycles. The van der Waals surface area contributed by atoms with Crippen LogP contribution in [0.5, 0.6) is 0 Å². The maximum Gasteiger partial charge on any atom is 0.169 e. The van der Waals surface area contributed by atoms with Crippen LogP contribution in [0.4, 0.5) is 0 Å². The van der Waals surface area contributed by atoms with Crippen LogP contribution in [-0.2, 0) is 13.8 Å². The van der Waals surface area contributed by atoms with Gasteiger partial charge >= 0.3 is 0 Å². The third-order valence-electron chi connectivity index (χ3n) is 2.08. The van der Waals surface area contributed by atoms with Gasteiger partial charge in [-0.15, -0.1) is 0 Å². The van der Waals surface area contributed by atoms with E-state index in [1.807, 2.05) is 0 Å². The smallest absolute Gasteiger partial charge is 0.169 e. The first-order chi connectivity index (χ1) is 7.22. The summed E-state index contributed by atoms with van der Waals surface area (Å²) >= 11 is 3.77. The number of ether oxygens (including phenoxy) is 1. The summed E-state index contributed by atoms with van der Waals surface area (Å²) in [7, 11) is -5.19. The molecule has 1 saturated heterocycles. The van der Waals surface area contributed by atoms with E-state index in [1.54, 1.807) is 0 Å². The van der Waals surface area contributed by atoms with Crippen LogP contribution in [0.1, 0.15) is 0 Å². The van der Waals surface area contributed by atoms with Crippen molar-refractivity contribution in [2.24, 2.45) is 0 Å². The fraction of sp³-hybridized carbons (Fsp3) is 1.00. The zero-order chi connectivity index (χ0) is 12.5. The Kier molecular flexibility index (Phi) is 4.76. The Morgan fingerprint density at radius 2 is 1.88 bits per heavy atom. The summed E-state index contributed by atoms with van der Waals surface area (Å²) in [5.74, 6) is 0. The highest BCUT2D eigenvalue weighted by molar-refractivity contribution is 7.81. The van der Waals surface area contributed by atoms with E-state index in [0.29, 0.717) is 0 Å². The SMILES string of the molecule is O=P([O-])([O-])OC[C@H]1OC(O)[C@H](S)[C@@H](O)[C@@H]1O. The van der Waals surface area contributed by atoms with Crippen LogP contribution in [-0.4, -0.2) is 51.8 Å². The van der Waals surface area contributed by atoms with Gasteiger partial charge in [-0.25, -0.2) is 0 Å². The van der Waals surface area contributed by atoms with Crippen molar-refractivity contribution in [2.75, 3.05) is 6.61 Å². The third kappa shape index (κ3) is 3.66. The van der Waals surface area contributed by atoms with E-state index < -0.39 is 44.3 Å². The third-order valence-corrected chi connectivity index (χ3v) is 3.11. The molecular formula is C6H11O8PS-2. The predicted molar refractivity (Wildman–Crippen MR) is 49.2 cm³/mol. The lowest BCUT2D eigenvalue weighted by Crippen LogP contribution is -2.56. The van der Waals surface area contributed by atoms with Gasteiger partial charge in [-0.05, 0) is 0 Å². The van der Waals surface area contributed by atoms with E-state index in [9.17, 15) is 29.7 Å². The van der Waals surface area contributed by atoms with E-state index in [2.05, 4.69) is 17.2 Å². The van der Waals surface area contributed by atoms with Gasteiger partial charge in [0, 0.05) is 0 Å². The van der Waals surface area contributed by atoms with Crippen molar-refractivity contribution in [1.29, 1.82) is 0 Å². The van der Waals surface area contributed by atoms with Gasteiger partial charge in [0.1, 0.15) is 12.2 Å². The second-order valence-corrected chi connectivity index (χ2v) is 5.03. The summed E-state index contributed by atoms with van der Waals surface area (Å²) in [4.78, 5) is 20.4. The van der Waals surface area contributed by atoms with Gasteiger partial charge in [0.25, 0.3) is 0 Å². The highest BCUT2D eigenvalue weighted by Gasteiger charge is 2.42. The topological polar surface area (TPSA) is 142 Å². The highest BCUT2D eigenvalue weighted by atomic mass is 32.1. The van der Waals surface area contributed by atoms with Gasteiger partial charge in [-0.2, -0.15) is 12.6 Å². The molecule has 1 aliphatic heterocycles. The predicted octanol–water partition coefficient (Wildman–Crippen LogP) is -3.43.